The van der Waals surface area contributed by atoms with E-state index in [0.29, 0.717) is 29.0 Å². The molecule has 0 saturated heterocycles. The Kier molecular flexibility index (Phi) is 7.36. The summed E-state index contributed by atoms with van der Waals surface area (Å²) in [6.45, 7) is 2.23. The van der Waals surface area contributed by atoms with Gasteiger partial charge in [-0.15, -0.1) is 10.2 Å². The Morgan fingerprint density at radius 1 is 1.35 bits per heavy atom. The molecular weight excluding hydrogens is 424 g/mol. The quantitative estimate of drug-likeness (QED) is 0.380. The summed E-state index contributed by atoms with van der Waals surface area (Å²) in [5.41, 5.74) is 0.295. The van der Waals surface area contributed by atoms with E-state index in [1.807, 2.05) is 0 Å². The number of carbonyl (C=O) groups is 1. The third kappa shape index (κ3) is 5.89. The number of aromatic nitrogens is 2. The van der Waals surface area contributed by atoms with Gasteiger partial charge in [0.1, 0.15) is 0 Å². The second kappa shape index (κ2) is 10.2. The van der Waals surface area contributed by atoms with Crippen LogP contribution in [0.5, 0.6) is 5.75 Å². The highest BCUT2D eigenvalue weighted by molar-refractivity contribution is 7.19. The van der Waals surface area contributed by atoms with Crippen LogP contribution in [0.3, 0.4) is 0 Å². The highest BCUT2D eigenvalue weighted by Crippen LogP contribution is 2.35. The third-order valence-electron chi connectivity index (χ3n) is 4.50. The summed E-state index contributed by atoms with van der Waals surface area (Å²) < 4.78 is 15.6. The van der Waals surface area contributed by atoms with Gasteiger partial charge in [0, 0.05) is 25.1 Å². The molecule has 4 N–H and O–H groups in total. The van der Waals surface area contributed by atoms with E-state index in [1.54, 1.807) is 20.1 Å². The largest absolute Gasteiger partial charge is 0.488 e. The average molecular weight is 449 g/mol. The Balaban J connectivity index is 1.77. The molecule has 0 unspecified atom stereocenters. The molecule has 1 amide bonds. The van der Waals surface area contributed by atoms with E-state index >= 15 is 0 Å². The fourth-order valence-electron chi connectivity index (χ4n) is 2.89. The molecule has 2 heterocycles. The molecule has 1 atom stereocenters. The van der Waals surface area contributed by atoms with E-state index in [-0.39, 0.29) is 22.7 Å². The van der Waals surface area contributed by atoms with Gasteiger partial charge >= 0.3 is 5.63 Å². The number of allylic oxidation sites excluding steroid dienone is 2. The van der Waals surface area contributed by atoms with Crippen molar-refractivity contribution < 1.29 is 18.7 Å². The van der Waals surface area contributed by atoms with Gasteiger partial charge in [-0.25, -0.2) is 4.79 Å². The lowest BCUT2D eigenvalue weighted by atomic mass is 10.2. The first-order chi connectivity index (χ1) is 14.9. The minimum atomic E-state index is -0.767. The smallest absolute Gasteiger partial charge is 0.381 e. The molecule has 3 rings (SSSR count). The summed E-state index contributed by atoms with van der Waals surface area (Å²) in [5.74, 6) is -0.405. The van der Waals surface area contributed by atoms with Crippen LogP contribution in [0.4, 0.5) is 16.0 Å². The summed E-state index contributed by atoms with van der Waals surface area (Å²) in [7, 11) is 2.98. The number of nitrogens with one attached hydrogen (secondary N) is 4. The topological polar surface area (TPSA) is 151 Å². The van der Waals surface area contributed by atoms with E-state index in [9.17, 15) is 9.59 Å². The Bertz CT molecular complexity index is 1030. The van der Waals surface area contributed by atoms with Crippen molar-refractivity contribution in [2.24, 2.45) is 5.92 Å². The number of ether oxygens (including phenoxy) is 2. The first-order valence-electron chi connectivity index (χ1n) is 9.52. The van der Waals surface area contributed by atoms with Gasteiger partial charge in [-0.2, -0.15) is 0 Å². The van der Waals surface area contributed by atoms with Gasteiger partial charge < -0.3 is 29.9 Å². The van der Waals surface area contributed by atoms with Crippen LogP contribution < -0.4 is 26.3 Å². The Hall–Kier alpha value is -3.25. The van der Waals surface area contributed by atoms with Crippen molar-refractivity contribution in [3.8, 4) is 5.75 Å². The zero-order valence-corrected chi connectivity index (χ0v) is 18.2. The lowest BCUT2D eigenvalue weighted by molar-refractivity contribution is 0.0991. The first-order valence-corrected chi connectivity index (χ1v) is 10.3. The van der Waals surface area contributed by atoms with Crippen LogP contribution in [-0.4, -0.2) is 49.2 Å². The van der Waals surface area contributed by atoms with Gasteiger partial charge in [0.2, 0.25) is 16.0 Å². The maximum atomic E-state index is 12.7. The molecule has 2 aromatic heterocycles. The lowest BCUT2D eigenvalue weighted by Crippen LogP contribution is -2.28. The zero-order chi connectivity index (χ0) is 22.4. The monoisotopic (exact) mass is 448 g/mol. The van der Waals surface area contributed by atoms with Crippen molar-refractivity contribution in [1.82, 2.24) is 10.2 Å². The molecule has 166 valence electrons. The van der Waals surface area contributed by atoms with Crippen LogP contribution in [0.2, 0.25) is 0 Å². The van der Waals surface area contributed by atoms with Gasteiger partial charge in [-0.05, 0) is 31.8 Å². The van der Waals surface area contributed by atoms with Crippen molar-refractivity contribution in [3.05, 3.63) is 34.0 Å². The van der Waals surface area contributed by atoms with Crippen LogP contribution in [0.15, 0.2) is 27.1 Å². The van der Waals surface area contributed by atoms with E-state index in [1.165, 1.54) is 13.2 Å². The average Bonchev–Trinajstić information content (AvgIpc) is 3.49. The summed E-state index contributed by atoms with van der Waals surface area (Å²) in [5, 5.41) is 24.3. The molecule has 2 aromatic rings. The molecule has 0 bridgehead atoms. The maximum absolute atomic E-state index is 12.7. The van der Waals surface area contributed by atoms with Crippen molar-refractivity contribution >= 4 is 39.4 Å². The van der Waals surface area contributed by atoms with Crippen LogP contribution in [0.1, 0.15) is 30.3 Å². The molecule has 31 heavy (non-hydrogen) atoms. The number of hydrogen-bond donors (Lipinski definition) is 4. The highest BCUT2D eigenvalue weighted by atomic mass is 32.1. The van der Waals surface area contributed by atoms with Gasteiger partial charge in [-0.1, -0.05) is 11.3 Å². The van der Waals surface area contributed by atoms with E-state index in [4.69, 9.17) is 19.3 Å². The number of anilines is 3. The number of rotatable bonds is 11. The van der Waals surface area contributed by atoms with Gasteiger partial charge in [0.05, 0.1) is 25.4 Å². The molecule has 0 aromatic carbocycles. The zero-order valence-electron chi connectivity index (χ0n) is 17.4. The van der Waals surface area contributed by atoms with Crippen molar-refractivity contribution in [1.29, 1.82) is 5.41 Å². The summed E-state index contributed by atoms with van der Waals surface area (Å²) in [4.78, 5) is 25.0. The van der Waals surface area contributed by atoms with E-state index in [2.05, 4.69) is 26.1 Å². The minimum Gasteiger partial charge on any atom is -0.488 e. The third-order valence-corrected chi connectivity index (χ3v) is 5.25. The lowest BCUT2D eigenvalue weighted by Gasteiger charge is -2.20. The molecular formula is C19H24N6O5S. The van der Waals surface area contributed by atoms with Crippen LogP contribution in [0, 0.1) is 11.3 Å². The number of carbonyl (C=O) groups excluding carboxylic acids is 1. The van der Waals surface area contributed by atoms with E-state index < -0.39 is 11.5 Å². The number of methoxy groups -OCH3 is 2. The number of amides is 1. The predicted molar refractivity (Wildman–Crippen MR) is 118 cm³/mol. The van der Waals surface area contributed by atoms with Crippen molar-refractivity contribution in [2.45, 2.75) is 25.8 Å². The van der Waals surface area contributed by atoms with Crippen LogP contribution >= 0.6 is 11.3 Å². The standard InChI is InChI=1S/C19H24N6O5S/c1-10(6-7-20)21-18-24-25-19(31-18)23-16(26)14-8-12(15(29-3)17(27)30-14)22-13(9-28-2)11-4-5-11/h6-8,11,13,20,22H,4-5,9H2,1-3H3,(H,21,24)(H,23,25,26)/b10-6-,20-7?/t13-/m1/s1. The summed E-state index contributed by atoms with van der Waals surface area (Å²) in [6, 6.07) is 1.42. The molecule has 11 nitrogen and oxygen atoms in total. The van der Waals surface area contributed by atoms with Gasteiger partial charge in [0.15, 0.2) is 5.76 Å². The molecule has 1 aliphatic carbocycles. The van der Waals surface area contributed by atoms with Crippen molar-refractivity contribution in [2.75, 3.05) is 36.8 Å². The molecule has 1 aliphatic rings. The molecule has 0 spiro atoms. The Morgan fingerprint density at radius 2 is 2.06 bits per heavy atom. The first kappa shape index (κ1) is 22.4. The predicted octanol–water partition coefficient (Wildman–Crippen LogP) is 2.55. The second-order valence-corrected chi connectivity index (χ2v) is 7.87. The molecule has 1 saturated carbocycles. The molecule has 0 radical (unpaired) electrons. The van der Waals surface area contributed by atoms with Crippen LogP contribution in [0.25, 0.3) is 0 Å². The minimum absolute atomic E-state index is 0.00540. The number of nitrogens with zero attached hydrogens (tertiary/aromatic N) is 2. The van der Waals surface area contributed by atoms with Crippen molar-refractivity contribution in [3.63, 3.8) is 0 Å². The molecule has 12 heteroatoms. The highest BCUT2D eigenvalue weighted by Gasteiger charge is 2.32. The van der Waals surface area contributed by atoms with Crippen LogP contribution in [-0.2, 0) is 4.74 Å². The Labute approximate surface area is 182 Å². The molecule has 1 fully saturated rings. The summed E-state index contributed by atoms with van der Waals surface area (Å²) in [6.07, 6.45) is 4.84. The molecule has 0 aliphatic heterocycles. The Morgan fingerprint density at radius 3 is 2.68 bits per heavy atom. The fourth-order valence-corrected chi connectivity index (χ4v) is 3.59. The van der Waals surface area contributed by atoms with Gasteiger partial charge in [0.25, 0.3) is 5.91 Å². The summed E-state index contributed by atoms with van der Waals surface area (Å²) >= 11 is 1.10. The van der Waals surface area contributed by atoms with Gasteiger partial charge in [-0.3, -0.25) is 10.1 Å². The SMILES string of the molecule is COC[C@@H](Nc1cc(C(=O)Nc2nnc(N/C(C)=C\C=N)s2)oc(=O)c1OC)C1CC1. The van der Waals surface area contributed by atoms with E-state index in [0.717, 1.165) is 30.4 Å². The fraction of sp³-hybridized carbons (Fsp3) is 0.421. The number of hydrogen-bond acceptors (Lipinski definition) is 11. The normalized spacial score (nSPS) is 14.6. The second-order valence-electron chi connectivity index (χ2n) is 6.90. The maximum Gasteiger partial charge on any atom is 0.381 e.